The summed E-state index contributed by atoms with van der Waals surface area (Å²) in [7, 11) is -1.37. The number of sulfonamides is 1. The van der Waals surface area contributed by atoms with Gasteiger partial charge < -0.3 is 4.98 Å². The maximum absolute atomic E-state index is 12.5. The number of aromatic amines is 1. The maximum atomic E-state index is 12.5. The number of rotatable bonds is 4. The molecule has 0 radical (unpaired) electrons. The molecule has 0 aliphatic carbocycles. The highest BCUT2D eigenvalue weighted by molar-refractivity contribution is 7.89. The third kappa shape index (κ3) is 3.09. The van der Waals surface area contributed by atoms with E-state index in [4.69, 9.17) is 28.5 Å². The van der Waals surface area contributed by atoms with Crippen LogP contribution in [0.3, 0.4) is 0 Å². The predicted octanol–water partition coefficient (Wildman–Crippen LogP) is 2.07. The Morgan fingerprint density at radius 1 is 1.30 bits per heavy atom. The van der Waals surface area contributed by atoms with E-state index in [9.17, 15) is 13.2 Å². The van der Waals surface area contributed by atoms with Gasteiger partial charge in [-0.05, 0) is 12.1 Å². The summed E-state index contributed by atoms with van der Waals surface area (Å²) in [4.78, 5) is 18.6. The number of hydrogen-bond acceptors (Lipinski definition) is 5. The highest BCUT2D eigenvalue weighted by Crippen LogP contribution is 2.27. The van der Waals surface area contributed by atoms with Crippen LogP contribution in [0.5, 0.6) is 0 Å². The third-order valence-electron chi connectivity index (χ3n) is 2.92. The molecule has 120 valence electrons. The number of imidazole rings is 1. The number of carbonyl (C=O) groups is 1. The molecule has 0 fully saturated rings. The highest BCUT2D eigenvalue weighted by atomic mass is 35.5. The van der Waals surface area contributed by atoms with Crippen LogP contribution in [-0.2, 0) is 10.0 Å². The summed E-state index contributed by atoms with van der Waals surface area (Å²) in [5.41, 5.74) is -0.437. The molecule has 0 unspecified atom stereocenters. The van der Waals surface area contributed by atoms with Crippen LogP contribution in [0.2, 0.25) is 10.0 Å². The van der Waals surface area contributed by atoms with Gasteiger partial charge in [0, 0.05) is 14.1 Å². The Hall–Kier alpha value is -1.92. The zero-order valence-electron chi connectivity index (χ0n) is 12.0. The molecule has 1 N–H and O–H groups in total. The number of nitrogens with zero attached hydrogens (tertiary/aromatic N) is 3. The average Bonchev–Trinajstić information content (AvgIpc) is 2.91. The molecule has 0 saturated heterocycles. The first-order chi connectivity index (χ1) is 10.7. The third-order valence-corrected chi connectivity index (χ3v) is 5.32. The van der Waals surface area contributed by atoms with Crippen molar-refractivity contribution in [3.05, 3.63) is 45.3 Å². The number of carbonyl (C=O) groups excluding carboxylic acids is 1. The standard InChI is InChI=1S/C13H10Cl2N4O3S/c1-19(2)23(21,22)13-9(6-16)17-12(18-13)11(20)10-7(14)4-3-5-8(10)15/h3-5H,1-2H3,(H,17,18). The van der Waals surface area contributed by atoms with Crippen molar-refractivity contribution in [3.63, 3.8) is 0 Å². The molecule has 2 aromatic rings. The Morgan fingerprint density at radius 2 is 1.87 bits per heavy atom. The lowest BCUT2D eigenvalue weighted by Gasteiger charge is -2.08. The molecule has 2 rings (SSSR count). The van der Waals surface area contributed by atoms with Crippen LogP contribution in [0.4, 0.5) is 0 Å². The Morgan fingerprint density at radius 3 is 2.35 bits per heavy atom. The van der Waals surface area contributed by atoms with E-state index >= 15 is 0 Å². The van der Waals surface area contributed by atoms with Gasteiger partial charge >= 0.3 is 0 Å². The molecule has 7 nitrogen and oxygen atoms in total. The monoisotopic (exact) mass is 372 g/mol. The minimum absolute atomic E-state index is 0.0251. The zero-order valence-corrected chi connectivity index (χ0v) is 14.3. The number of H-pyrrole nitrogens is 1. The topological polar surface area (TPSA) is 107 Å². The summed E-state index contributed by atoms with van der Waals surface area (Å²) in [5.74, 6) is -1.05. The second kappa shape index (κ2) is 6.29. The van der Waals surface area contributed by atoms with E-state index in [2.05, 4.69) is 9.97 Å². The Bertz CT molecular complexity index is 909. The van der Waals surface area contributed by atoms with Crippen molar-refractivity contribution in [1.29, 1.82) is 5.26 Å². The van der Waals surface area contributed by atoms with Gasteiger partial charge in [0.1, 0.15) is 6.07 Å². The molecule has 1 aromatic carbocycles. The predicted molar refractivity (Wildman–Crippen MR) is 84.1 cm³/mol. The van der Waals surface area contributed by atoms with E-state index in [0.717, 1.165) is 4.31 Å². The second-order valence-corrected chi connectivity index (χ2v) is 7.49. The Kier molecular flexibility index (Phi) is 4.77. The first kappa shape index (κ1) is 17.4. The normalized spacial score (nSPS) is 11.5. The van der Waals surface area contributed by atoms with Gasteiger partial charge in [0.15, 0.2) is 16.5 Å². The molecule has 0 spiro atoms. The molecule has 0 amide bonds. The average molecular weight is 373 g/mol. The van der Waals surface area contributed by atoms with E-state index in [0.29, 0.717) is 0 Å². The summed E-state index contributed by atoms with van der Waals surface area (Å²) in [6, 6.07) is 6.14. The zero-order chi connectivity index (χ0) is 17.4. The number of benzene rings is 1. The fourth-order valence-electron chi connectivity index (χ4n) is 1.74. The van der Waals surface area contributed by atoms with Gasteiger partial charge in [-0.2, -0.15) is 5.26 Å². The van der Waals surface area contributed by atoms with Crippen LogP contribution in [0.25, 0.3) is 0 Å². The maximum Gasteiger partial charge on any atom is 0.261 e. The smallest absolute Gasteiger partial charge is 0.261 e. The van der Waals surface area contributed by atoms with E-state index < -0.39 is 26.5 Å². The molecular formula is C13H10Cl2N4O3S. The molecule has 0 atom stereocenters. The molecule has 0 aliphatic rings. The van der Waals surface area contributed by atoms with Crippen LogP contribution in [0.1, 0.15) is 21.9 Å². The second-order valence-electron chi connectivity index (χ2n) is 4.59. The lowest BCUT2D eigenvalue weighted by Crippen LogP contribution is -2.23. The van der Waals surface area contributed by atoms with Crippen LogP contribution >= 0.6 is 23.2 Å². The van der Waals surface area contributed by atoms with Crippen molar-refractivity contribution in [2.75, 3.05) is 14.1 Å². The number of ketones is 1. The number of aromatic nitrogens is 2. The van der Waals surface area contributed by atoms with E-state index in [1.807, 2.05) is 0 Å². The molecule has 10 heteroatoms. The van der Waals surface area contributed by atoms with Crippen molar-refractivity contribution in [1.82, 2.24) is 14.3 Å². The number of halogens is 2. The molecule has 0 saturated carbocycles. The van der Waals surface area contributed by atoms with Crippen LogP contribution in [0, 0.1) is 11.3 Å². The SMILES string of the molecule is CN(C)S(=O)(=O)c1[nH]c(C(=O)c2c(Cl)cccc2Cl)nc1C#N. The summed E-state index contributed by atoms with van der Waals surface area (Å²) < 4.78 is 25.2. The van der Waals surface area contributed by atoms with Crippen LogP contribution < -0.4 is 0 Å². The minimum Gasteiger partial charge on any atom is -0.324 e. The van der Waals surface area contributed by atoms with Crippen molar-refractivity contribution < 1.29 is 13.2 Å². The fraction of sp³-hybridized carbons (Fsp3) is 0.154. The van der Waals surface area contributed by atoms with Crippen LogP contribution in [-0.4, -0.2) is 42.6 Å². The Balaban J connectivity index is 2.62. The van der Waals surface area contributed by atoms with Gasteiger partial charge in [-0.15, -0.1) is 0 Å². The van der Waals surface area contributed by atoms with Gasteiger partial charge in [-0.1, -0.05) is 29.3 Å². The lowest BCUT2D eigenvalue weighted by molar-refractivity contribution is 0.103. The van der Waals surface area contributed by atoms with Gasteiger partial charge in [0.05, 0.1) is 15.6 Å². The molecule has 23 heavy (non-hydrogen) atoms. The number of nitrogens with one attached hydrogen (secondary N) is 1. The summed E-state index contributed by atoms with van der Waals surface area (Å²) in [6.07, 6.45) is 0. The fourth-order valence-corrected chi connectivity index (χ4v) is 3.24. The van der Waals surface area contributed by atoms with Crippen molar-refractivity contribution in [2.24, 2.45) is 0 Å². The minimum atomic E-state index is -3.96. The van der Waals surface area contributed by atoms with Gasteiger partial charge in [-0.25, -0.2) is 17.7 Å². The van der Waals surface area contributed by atoms with Crippen molar-refractivity contribution in [2.45, 2.75) is 5.03 Å². The van der Waals surface area contributed by atoms with E-state index in [-0.39, 0.29) is 21.4 Å². The number of nitriles is 1. The molecule has 0 aliphatic heterocycles. The highest BCUT2D eigenvalue weighted by Gasteiger charge is 2.29. The molecular weight excluding hydrogens is 363 g/mol. The first-order valence-electron chi connectivity index (χ1n) is 6.11. The van der Waals surface area contributed by atoms with Gasteiger partial charge in [-0.3, -0.25) is 4.79 Å². The number of hydrogen-bond donors (Lipinski definition) is 1. The molecule has 1 heterocycles. The largest absolute Gasteiger partial charge is 0.324 e. The Labute approximate surface area is 142 Å². The quantitative estimate of drug-likeness (QED) is 0.826. The van der Waals surface area contributed by atoms with E-state index in [1.54, 1.807) is 12.1 Å². The van der Waals surface area contributed by atoms with E-state index in [1.165, 1.54) is 26.2 Å². The van der Waals surface area contributed by atoms with Crippen LogP contribution in [0.15, 0.2) is 23.2 Å². The van der Waals surface area contributed by atoms with Crippen molar-refractivity contribution >= 4 is 39.0 Å². The summed E-state index contributed by atoms with van der Waals surface area (Å²) in [5, 5.41) is 8.78. The first-order valence-corrected chi connectivity index (χ1v) is 8.31. The van der Waals surface area contributed by atoms with Crippen molar-refractivity contribution in [3.8, 4) is 6.07 Å². The molecule has 0 bridgehead atoms. The molecule has 1 aromatic heterocycles. The summed E-state index contributed by atoms with van der Waals surface area (Å²) >= 11 is 11.9. The summed E-state index contributed by atoms with van der Waals surface area (Å²) in [6.45, 7) is 0. The van der Waals surface area contributed by atoms with Gasteiger partial charge in [0.25, 0.3) is 10.0 Å². The lowest BCUT2D eigenvalue weighted by atomic mass is 10.1. The van der Waals surface area contributed by atoms with Gasteiger partial charge in [0.2, 0.25) is 5.78 Å².